The van der Waals surface area contributed by atoms with Gasteiger partial charge in [-0.1, -0.05) is 6.92 Å². The summed E-state index contributed by atoms with van der Waals surface area (Å²) >= 11 is 1.67. The topological polar surface area (TPSA) is 44.8 Å². The van der Waals surface area contributed by atoms with Gasteiger partial charge in [0.2, 0.25) is 0 Å². The first kappa shape index (κ1) is 26.9. The van der Waals surface area contributed by atoms with Gasteiger partial charge in [0.05, 0.1) is 18.8 Å². The quantitative estimate of drug-likeness (QED) is 0.256. The van der Waals surface area contributed by atoms with E-state index in [1.54, 1.807) is 32.5 Å². The van der Waals surface area contributed by atoms with Crippen molar-refractivity contribution in [3.63, 3.8) is 0 Å². The summed E-state index contributed by atoms with van der Waals surface area (Å²) in [5.41, 5.74) is -0.865. The fourth-order valence-corrected chi connectivity index (χ4v) is 4.08. The van der Waals surface area contributed by atoms with Gasteiger partial charge in [-0.05, 0) is 82.1 Å². The molecular weight excluding hydrogens is 453 g/mol. The number of alkyl halides is 3. The van der Waals surface area contributed by atoms with E-state index in [-0.39, 0.29) is 5.92 Å². The Kier molecular flexibility index (Phi) is 9.52. The van der Waals surface area contributed by atoms with Crippen LogP contribution in [0.2, 0.25) is 0 Å². The van der Waals surface area contributed by atoms with Crippen LogP contribution < -0.4 is 9.47 Å². The number of esters is 1. The molecule has 0 spiro atoms. The minimum absolute atomic E-state index is 0.233. The lowest BCUT2D eigenvalue weighted by Crippen LogP contribution is -2.39. The van der Waals surface area contributed by atoms with Crippen molar-refractivity contribution in [2.24, 2.45) is 5.92 Å². The molecule has 182 valence electrons. The van der Waals surface area contributed by atoms with Gasteiger partial charge >= 0.3 is 12.1 Å². The molecule has 1 unspecified atom stereocenters. The molecular formula is C25H31F3O4S. The third kappa shape index (κ3) is 8.18. The number of carbonyl (C=O) groups is 1. The van der Waals surface area contributed by atoms with Gasteiger partial charge < -0.3 is 14.2 Å². The fourth-order valence-electron chi connectivity index (χ4n) is 2.90. The van der Waals surface area contributed by atoms with Gasteiger partial charge in [-0.3, -0.25) is 0 Å². The van der Waals surface area contributed by atoms with E-state index >= 15 is 0 Å². The van der Waals surface area contributed by atoms with Crippen LogP contribution in [0.3, 0.4) is 0 Å². The average molecular weight is 485 g/mol. The molecule has 2 aromatic rings. The minimum atomic E-state index is -4.35. The molecule has 0 radical (unpaired) electrons. The van der Waals surface area contributed by atoms with Crippen molar-refractivity contribution >= 4 is 17.7 Å². The number of benzene rings is 2. The van der Waals surface area contributed by atoms with Crippen LogP contribution in [0.1, 0.15) is 45.2 Å². The number of aryl methyl sites for hydroxylation is 1. The van der Waals surface area contributed by atoms with Gasteiger partial charge in [0.15, 0.2) is 5.60 Å². The molecule has 8 heteroatoms. The summed E-state index contributed by atoms with van der Waals surface area (Å²) in [6.45, 7) is 9.80. The maximum atomic E-state index is 12.7. The summed E-state index contributed by atoms with van der Waals surface area (Å²) in [4.78, 5) is 13.1. The predicted octanol–water partition coefficient (Wildman–Crippen LogP) is 6.93. The highest BCUT2D eigenvalue weighted by atomic mass is 32.2. The number of carbonyl (C=O) groups excluding carboxylic acids is 1. The maximum absolute atomic E-state index is 12.7. The number of hydrogen-bond donors (Lipinski definition) is 0. The second kappa shape index (κ2) is 11.7. The summed E-state index contributed by atoms with van der Waals surface area (Å²) in [6, 6.07) is 10.5. The first-order chi connectivity index (χ1) is 15.5. The van der Waals surface area contributed by atoms with E-state index in [2.05, 4.69) is 6.92 Å². The molecule has 1 atom stereocenters. The van der Waals surface area contributed by atoms with Crippen molar-refractivity contribution in [1.29, 1.82) is 0 Å². The Morgan fingerprint density at radius 1 is 1.06 bits per heavy atom. The first-order valence-electron chi connectivity index (χ1n) is 10.9. The van der Waals surface area contributed by atoms with Crippen LogP contribution in [-0.4, -0.2) is 30.5 Å². The molecule has 0 saturated carbocycles. The molecule has 0 saturated heterocycles. The molecule has 0 heterocycles. The van der Waals surface area contributed by atoms with Crippen LogP contribution in [0, 0.1) is 12.8 Å². The van der Waals surface area contributed by atoms with Gasteiger partial charge in [-0.25, -0.2) is 4.79 Å². The van der Waals surface area contributed by atoms with Crippen molar-refractivity contribution in [3.8, 4) is 11.5 Å². The Balaban J connectivity index is 1.91. The molecule has 0 aliphatic heterocycles. The summed E-state index contributed by atoms with van der Waals surface area (Å²) in [5.74, 6) is 1.66. The standard InChI is InChI=1S/C25H31F3O4S/c1-6-18(15-31-20-10-8-19(9-11-20)25(26,27)28)16-33-21-12-13-22(17(3)14-21)32-24(4,5)23(29)30-7-2/h8-14,18H,6-7,15-16H2,1-5H3. The molecule has 2 aromatic carbocycles. The van der Waals surface area contributed by atoms with E-state index in [1.165, 1.54) is 12.1 Å². The Hall–Kier alpha value is -2.35. The predicted molar refractivity (Wildman–Crippen MR) is 124 cm³/mol. The summed E-state index contributed by atoms with van der Waals surface area (Å²) < 4.78 is 54.7. The van der Waals surface area contributed by atoms with Crippen LogP contribution in [0.25, 0.3) is 0 Å². The number of halogens is 3. The van der Waals surface area contributed by atoms with Crippen molar-refractivity contribution in [1.82, 2.24) is 0 Å². The van der Waals surface area contributed by atoms with E-state index in [9.17, 15) is 18.0 Å². The highest BCUT2D eigenvalue weighted by Gasteiger charge is 2.32. The van der Waals surface area contributed by atoms with Crippen LogP contribution in [-0.2, 0) is 15.7 Å². The first-order valence-corrected chi connectivity index (χ1v) is 11.8. The van der Waals surface area contributed by atoms with Crippen molar-refractivity contribution < 1.29 is 32.2 Å². The molecule has 0 amide bonds. The number of rotatable bonds is 11. The van der Waals surface area contributed by atoms with Gasteiger partial charge in [0.1, 0.15) is 11.5 Å². The molecule has 0 aliphatic rings. The molecule has 0 fully saturated rings. The fraction of sp³-hybridized carbons (Fsp3) is 0.480. The van der Waals surface area contributed by atoms with Crippen LogP contribution >= 0.6 is 11.8 Å². The number of thioether (sulfide) groups is 1. The lowest BCUT2D eigenvalue weighted by Gasteiger charge is -2.25. The molecule has 33 heavy (non-hydrogen) atoms. The second-order valence-corrected chi connectivity index (χ2v) is 9.27. The van der Waals surface area contributed by atoms with Gasteiger partial charge in [-0.15, -0.1) is 11.8 Å². The van der Waals surface area contributed by atoms with Gasteiger partial charge in [0, 0.05) is 16.6 Å². The molecule has 0 bridgehead atoms. The summed E-state index contributed by atoms with van der Waals surface area (Å²) in [7, 11) is 0. The average Bonchev–Trinajstić information content (AvgIpc) is 2.75. The van der Waals surface area contributed by atoms with E-state index in [1.807, 2.05) is 25.1 Å². The Morgan fingerprint density at radius 2 is 1.73 bits per heavy atom. The highest BCUT2D eigenvalue weighted by molar-refractivity contribution is 7.99. The largest absolute Gasteiger partial charge is 0.493 e. The normalized spacial score (nSPS) is 12.8. The molecule has 0 aromatic heterocycles. The summed E-state index contributed by atoms with van der Waals surface area (Å²) in [5, 5.41) is 0. The maximum Gasteiger partial charge on any atom is 0.416 e. The Labute approximate surface area is 197 Å². The lowest BCUT2D eigenvalue weighted by atomic mass is 10.1. The van der Waals surface area contributed by atoms with Crippen molar-refractivity contribution in [2.75, 3.05) is 19.0 Å². The zero-order valence-electron chi connectivity index (χ0n) is 19.6. The van der Waals surface area contributed by atoms with Gasteiger partial charge in [-0.2, -0.15) is 13.2 Å². The lowest BCUT2D eigenvalue weighted by molar-refractivity contribution is -0.158. The molecule has 2 rings (SSSR count). The number of hydrogen-bond acceptors (Lipinski definition) is 5. The third-order valence-corrected chi connectivity index (χ3v) is 6.23. The number of ether oxygens (including phenoxy) is 3. The van der Waals surface area contributed by atoms with Crippen LogP contribution in [0.15, 0.2) is 47.4 Å². The van der Waals surface area contributed by atoms with Crippen LogP contribution in [0.5, 0.6) is 11.5 Å². The Bertz CT molecular complexity index is 911. The smallest absolute Gasteiger partial charge is 0.416 e. The van der Waals surface area contributed by atoms with E-state index in [0.29, 0.717) is 24.7 Å². The van der Waals surface area contributed by atoms with Crippen molar-refractivity contribution in [2.45, 2.75) is 57.7 Å². The molecule has 4 nitrogen and oxygen atoms in total. The second-order valence-electron chi connectivity index (χ2n) is 8.18. The van der Waals surface area contributed by atoms with E-state index in [0.717, 1.165) is 34.8 Å². The zero-order valence-corrected chi connectivity index (χ0v) is 20.4. The van der Waals surface area contributed by atoms with E-state index < -0.39 is 23.3 Å². The zero-order chi connectivity index (χ0) is 24.6. The third-order valence-electron chi connectivity index (χ3n) is 5.01. The van der Waals surface area contributed by atoms with Crippen LogP contribution in [0.4, 0.5) is 13.2 Å². The minimum Gasteiger partial charge on any atom is -0.493 e. The van der Waals surface area contributed by atoms with Crippen molar-refractivity contribution in [3.05, 3.63) is 53.6 Å². The molecule has 0 N–H and O–H groups in total. The molecule has 0 aliphatic carbocycles. The summed E-state index contributed by atoms with van der Waals surface area (Å²) in [6.07, 6.45) is -3.48. The Morgan fingerprint density at radius 3 is 2.27 bits per heavy atom. The highest BCUT2D eigenvalue weighted by Crippen LogP contribution is 2.32. The van der Waals surface area contributed by atoms with E-state index in [4.69, 9.17) is 14.2 Å². The monoisotopic (exact) mass is 484 g/mol. The SMILES string of the molecule is CCOC(=O)C(C)(C)Oc1ccc(SCC(CC)COc2ccc(C(F)(F)F)cc2)cc1C. The van der Waals surface area contributed by atoms with Gasteiger partial charge in [0.25, 0.3) is 0 Å².